The highest BCUT2D eigenvalue weighted by atomic mass is 35.5. The normalized spacial score (nSPS) is 11.6. The molecule has 3 heterocycles. The first-order chi connectivity index (χ1) is 17.6. The highest BCUT2D eigenvalue weighted by Crippen LogP contribution is 2.31. The molecule has 0 aliphatic heterocycles. The Morgan fingerprint density at radius 3 is 2.46 bits per heavy atom. The van der Waals surface area contributed by atoms with Crippen LogP contribution in [0.5, 0.6) is 11.6 Å². The van der Waals surface area contributed by atoms with Crippen molar-refractivity contribution in [3.63, 3.8) is 0 Å². The maximum atomic E-state index is 9.30. The van der Waals surface area contributed by atoms with Crippen LogP contribution in [0.2, 0.25) is 0 Å². The fraction of sp³-hybridized carbons (Fsp3) is 0.222. The number of H-pyrrole nitrogens is 1. The van der Waals surface area contributed by atoms with Crippen LogP contribution in [0.25, 0.3) is 33.5 Å². The van der Waals surface area contributed by atoms with Crippen LogP contribution < -0.4 is 9.47 Å². The van der Waals surface area contributed by atoms with E-state index >= 15 is 0 Å². The Labute approximate surface area is 220 Å². The summed E-state index contributed by atoms with van der Waals surface area (Å²) in [7, 11) is 0. The van der Waals surface area contributed by atoms with Gasteiger partial charge in [-0.15, -0.1) is 22.6 Å². The van der Waals surface area contributed by atoms with Gasteiger partial charge in [0.15, 0.2) is 0 Å². The Morgan fingerprint density at radius 1 is 0.973 bits per heavy atom. The van der Waals surface area contributed by atoms with Crippen molar-refractivity contribution in [3.05, 3.63) is 78.0 Å². The number of fused-ring (bicyclic) bond motifs is 1. The van der Waals surface area contributed by atoms with Gasteiger partial charge in [-0.2, -0.15) is 5.21 Å². The molecular weight excluding hydrogens is 492 g/mol. The third-order valence-corrected chi connectivity index (χ3v) is 5.76. The standard InChI is InChI=1S/C27H26N6O3.ClH/c1-3-20-14-24(26-23(28-20)12-13-25(29-26)36-17(2)15-34)35-16-18-8-10-19(11-9-18)21-6-4-5-7-22(21)27-30-32-33-31-27;/h4-14,17,34H,3,15-16H2,1-2H3,(H,30,31,32,33);1H. The highest BCUT2D eigenvalue weighted by Gasteiger charge is 2.13. The minimum absolute atomic E-state index is 0. The summed E-state index contributed by atoms with van der Waals surface area (Å²) in [6.07, 6.45) is 0.423. The number of nitrogens with zero attached hydrogens (tertiary/aromatic N) is 5. The topological polar surface area (TPSA) is 119 Å². The van der Waals surface area contributed by atoms with Gasteiger partial charge in [0.2, 0.25) is 11.7 Å². The van der Waals surface area contributed by atoms with E-state index in [-0.39, 0.29) is 25.1 Å². The third kappa shape index (κ3) is 5.84. The summed E-state index contributed by atoms with van der Waals surface area (Å²) in [6.45, 7) is 4.11. The van der Waals surface area contributed by atoms with Crippen LogP contribution in [0.15, 0.2) is 66.7 Å². The smallest absolute Gasteiger partial charge is 0.214 e. The lowest BCUT2D eigenvalue weighted by Crippen LogP contribution is -2.16. The summed E-state index contributed by atoms with van der Waals surface area (Å²) in [5.74, 6) is 1.62. The first-order valence-corrected chi connectivity index (χ1v) is 11.8. The van der Waals surface area contributed by atoms with E-state index in [2.05, 4.69) is 49.6 Å². The monoisotopic (exact) mass is 518 g/mol. The molecule has 1 atom stereocenters. The molecular formula is C27H27ClN6O3. The van der Waals surface area contributed by atoms with Gasteiger partial charge in [-0.25, -0.2) is 4.98 Å². The van der Waals surface area contributed by atoms with E-state index in [0.29, 0.717) is 29.6 Å². The Balaban J connectivity index is 0.00000320. The number of benzene rings is 2. The number of aromatic amines is 1. The number of halogens is 1. The van der Waals surface area contributed by atoms with Gasteiger partial charge in [-0.1, -0.05) is 55.5 Å². The molecule has 0 bridgehead atoms. The Morgan fingerprint density at radius 2 is 1.76 bits per heavy atom. The average Bonchev–Trinajstić information content (AvgIpc) is 3.47. The number of pyridine rings is 2. The second-order valence-electron chi connectivity index (χ2n) is 8.36. The van der Waals surface area contributed by atoms with Crippen molar-refractivity contribution in [2.75, 3.05) is 6.61 Å². The molecule has 5 aromatic rings. The van der Waals surface area contributed by atoms with E-state index in [1.807, 2.05) is 48.5 Å². The fourth-order valence-electron chi connectivity index (χ4n) is 3.86. The Bertz CT molecular complexity index is 1460. The second kappa shape index (κ2) is 11.8. The minimum atomic E-state index is -0.356. The summed E-state index contributed by atoms with van der Waals surface area (Å²) >= 11 is 0. The van der Waals surface area contributed by atoms with Gasteiger partial charge < -0.3 is 14.6 Å². The molecule has 0 fully saturated rings. The van der Waals surface area contributed by atoms with Crippen LogP contribution >= 0.6 is 12.4 Å². The molecule has 3 aromatic heterocycles. The number of aryl methyl sites for hydroxylation is 1. The van der Waals surface area contributed by atoms with Crippen molar-refractivity contribution in [3.8, 4) is 34.1 Å². The Kier molecular flexibility index (Phi) is 8.27. The molecule has 5 rings (SSSR count). The summed E-state index contributed by atoms with van der Waals surface area (Å²) in [5.41, 5.74) is 6.27. The largest absolute Gasteiger partial charge is 0.486 e. The SMILES string of the molecule is CCc1cc(OCc2ccc(-c3ccccc3-c3nn[nH]n3)cc2)c2nc(OC(C)CO)ccc2n1.Cl. The van der Waals surface area contributed by atoms with Crippen LogP contribution in [0.3, 0.4) is 0 Å². The molecule has 10 heteroatoms. The zero-order valence-electron chi connectivity index (χ0n) is 20.5. The first kappa shape index (κ1) is 26.0. The summed E-state index contributed by atoms with van der Waals surface area (Å²) < 4.78 is 11.9. The van der Waals surface area contributed by atoms with Crippen LogP contribution in [0.4, 0.5) is 0 Å². The zero-order valence-corrected chi connectivity index (χ0v) is 21.3. The molecule has 9 nitrogen and oxygen atoms in total. The van der Waals surface area contributed by atoms with Gasteiger partial charge in [0.1, 0.15) is 24.0 Å². The van der Waals surface area contributed by atoms with Crippen molar-refractivity contribution in [1.29, 1.82) is 0 Å². The maximum absolute atomic E-state index is 9.30. The van der Waals surface area contributed by atoms with E-state index in [1.165, 1.54) is 0 Å². The lowest BCUT2D eigenvalue weighted by atomic mass is 9.98. The zero-order chi connectivity index (χ0) is 24.9. The molecule has 37 heavy (non-hydrogen) atoms. The Hall–Kier alpha value is -4.08. The molecule has 0 aliphatic rings. The van der Waals surface area contributed by atoms with Gasteiger partial charge in [0.05, 0.1) is 12.1 Å². The predicted molar refractivity (Wildman–Crippen MR) is 143 cm³/mol. The van der Waals surface area contributed by atoms with E-state index in [0.717, 1.165) is 39.9 Å². The highest BCUT2D eigenvalue weighted by molar-refractivity contribution is 5.85. The number of aliphatic hydroxyl groups excluding tert-OH is 1. The number of nitrogens with one attached hydrogen (secondary N) is 1. The van der Waals surface area contributed by atoms with Crippen molar-refractivity contribution in [1.82, 2.24) is 30.6 Å². The van der Waals surface area contributed by atoms with Crippen LogP contribution in [-0.4, -0.2) is 48.4 Å². The number of rotatable bonds is 9. The van der Waals surface area contributed by atoms with E-state index in [9.17, 15) is 5.11 Å². The first-order valence-electron chi connectivity index (χ1n) is 11.8. The number of hydrogen-bond acceptors (Lipinski definition) is 8. The number of hydrogen-bond donors (Lipinski definition) is 2. The molecule has 2 aromatic carbocycles. The molecule has 190 valence electrons. The quantitative estimate of drug-likeness (QED) is 0.285. The number of aliphatic hydroxyl groups is 1. The van der Waals surface area contributed by atoms with Crippen LogP contribution in [0.1, 0.15) is 25.1 Å². The molecule has 0 saturated carbocycles. The molecule has 2 N–H and O–H groups in total. The van der Waals surface area contributed by atoms with E-state index < -0.39 is 0 Å². The number of ether oxygens (including phenoxy) is 2. The van der Waals surface area contributed by atoms with Crippen molar-refractivity contribution in [2.45, 2.75) is 33.0 Å². The second-order valence-corrected chi connectivity index (χ2v) is 8.36. The molecule has 0 radical (unpaired) electrons. The fourth-order valence-corrected chi connectivity index (χ4v) is 3.86. The molecule has 0 aliphatic carbocycles. The minimum Gasteiger partial charge on any atom is -0.486 e. The number of aromatic nitrogens is 6. The van der Waals surface area contributed by atoms with Gasteiger partial charge in [-0.05, 0) is 41.3 Å². The van der Waals surface area contributed by atoms with Crippen molar-refractivity contribution >= 4 is 23.4 Å². The predicted octanol–water partition coefficient (Wildman–Crippen LogP) is 4.80. The lowest BCUT2D eigenvalue weighted by molar-refractivity contribution is 0.125. The van der Waals surface area contributed by atoms with Gasteiger partial charge in [-0.3, -0.25) is 4.98 Å². The molecule has 1 unspecified atom stereocenters. The third-order valence-electron chi connectivity index (χ3n) is 5.76. The molecule has 0 spiro atoms. The summed E-state index contributed by atoms with van der Waals surface area (Å²) in [5, 5.41) is 23.7. The van der Waals surface area contributed by atoms with Gasteiger partial charge >= 0.3 is 0 Å². The van der Waals surface area contributed by atoms with Crippen LogP contribution in [-0.2, 0) is 13.0 Å². The van der Waals surface area contributed by atoms with Crippen molar-refractivity contribution in [2.24, 2.45) is 0 Å². The van der Waals surface area contributed by atoms with E-state index in [1.54, 1.807) is 13.0 Å². The number of tetrazole rings is 1. The molecule has 0 amide bonds. The lowest BCUT2D eigenvalue weighted by Gasteiger charge is -2.14. The maximum Gasteiger partial charge on any atom is 0.214 e. The summed E-state index contributed by atoms with van der Waals surface area (Å²) in [6, 6.07) is 21.7. The van der Waals surface area contributed by atoms with E-state index in [4.69, 9.17) is 9.47 Å². The summed E-state index contributed by atoms with van der Waals surface area (Å²) in [4.78, 5) is 9.26. The van der Waals surface area contributed by atoms with Gasteiger partial charge in [0.25, 0.3) is 0 Å². The molecule has 0 saturated heterocycles. The average molecular weight is 519 g/mol. The van der Waals surface area contributed by atoms with Crippen LogP contribution in [0, 0.1) is 0 Å². The van der Waals surface area contributed by atoms with Gasteiger partial charge in [0, 0.05) is 23.4 Å². The van der Waals surface area contributed by atoms with Crippen molar-refractivity contribution < 1.29 is 14.6 Å².